The van der Waals surface area contributed by atoms with Crippen LogP contribution < -0.4 is 0 Å². The van der Waals surface area contributed by atoms with Crippen LogP contribution in [0.2, 0.25) is 0 Å². The van der Waals surface area contributed by atoms with Gasteiger partial charge in [0, 0.05) is 0 Å². The van der Waals surface area contributed by atoms with Crippen LogP contribution in [-0.4, -0.2) is 29.2 Å². The standard InChI is InChI=1S/C18H19NO4/c1-12-6-8-13(9-7-12)11-23-16(20)10-19-17(21)14-4-2-3-5-15(14)18(19)22/h2-3,6-9,14-15H,4-5,10-11H2,1H3/t14-,15-/m0/s1. The maximum Gasteiger partial charge on any atom is 0.326 e. The summed E-state index contributed by atoms with van der Waals surface area (Å²) in [4.78, 5) is 37.5. The number of likely N-dealkylation sites (tertiary alicyclic amines) is 1. The lowest BCUT2D eigenvalue weighted by Crippen LogP contribution is -2.36. The third-order valence-electron chi connectivity index (χ3n) is 4.41. The summed E-state index contributed by atoms with van der Waals surface area (Å²) in [6.45, 7) is 1.83. The van der Waals surface area contributed by atoms with Crippen LogP contribution in [0.3, 0.4) is 0 Å². The molecule has 0 aromatic heterocycles. The average Bonchev–Trinajstić information content (AvgIpc) is 2.80. The van der Waals surface area contributed by atoms with E-state index in [2.05, 4.69) is 0 Å². The average molecular weight is 313 g/mol. The Kier molecular flexibility index (Phi) is 4.28. The molecule has 1 aliphatic heterocycles. The number of imide groups is 1. The van der Waals surface area contributed by atoms with Crippen LogP contribution >= 0.6 is 0 Å². The van der Waals surface area contributed by atoms with Crippen molar-refractivity contribution in [3.05, 3.63) is 47.5 Å². The minimum absolute atomic E-state index is 0.143. The maximum atomic E-state index is 12.3. The molecule has 23 heavy (non-hydrogen) atoms. The van der Waals surface area contributed by atoms with E-state index < -0.39 is 5.97 Å². The largest absolute Gasteiger partial charge is 0.459 e. The molecular weight excluding hydrogens is 294 g/mol. The fraction of sp³-hybridized carbons (Fsp3) is 0.389. The topological polar surface area (TPSA) is 63.7 Å². The minimum Gasteiger partial charge on any atom is -0.459 e. The van der Waals surface area contributed by atoms with E-state index in [-0.39, 0.29) is 36.8 Å². The van der Waals surface area contributed by atoms with Gasteiger partial charge in [-0.15, -0.1) is 0 Å². The molecule has 3 rings (SSSR count). The van der Waals surface area contributed by atoms with Gasteiger partial charge in [-0.3, -0.25) is 19.3 Å². The first kappa shape index (κ1) is 15.5. The van der Waals surface area contributed by atoms with Crippen molar-refractivity contribution in [1.29, 1.82) is 0 Å². The van der Waals surface area contributed by atoms with E-state index in [0.717, 1.165) is 16.0 Å². The molecule has 1 saturated heterocycles. The van der Waals surface area contributed by atoms with E-state index >= 15 is 0 Å². The first-order valence-electron chi connectivity index (χ1n) is 7.77. The first-order chi connectivity index (χ1) is 11.1. The number of nitrogens with zero attached hydrogens (tertiary/aromatic N) is 1. The monoisotopic (exact) mass is 313 g/mol. The molecule has 1 fully saturated rings. The summed E-state index contributed by atoms with van der Waals surface area (Å²) in [6, 6.07) is 7.65. The number of rotatable bonds is 4. The summed E-state index contributed by atoms with van der Waals surface area (Å²) in [5.74, 6) is -1.68. The number of carbonyl (C=O) groups excluding carboxylic acids is 3. The molecule has 2 amide bonds. The van der Waals surface area contributed by atoms with Gasteiger partial charge in [0.1, 0.15) is 13.2 Å². The zero-order chi connectivity index (χ0) is 16.4. The lowest BCUT2D eigenvalue weighted by Gasteiger charge is -2.14. The smallest absolute Gasteiger partial charge is 0.326 e. The van der Waals surface area contributed by atoms with E-state index in [1.165, 1.54) is 0 Å². The van der Waals surface area contributed by atoms with Gasteiger partial charge in [-0.25, -0.2) is 0 Å². The van der Waals surface area contributed by atoms with E-state index in [9.17, 15) is 14.4 Å². The van der Waals surface area contributed by atoms with Crippen molar-refractivity contribution in [1.82, 2.24) is 4.90 Å². The van der Waals surface area contributed by atoms with Gasteiger partial charge in [0.15, 0.2) is 0 Å². The van der Waals surface area contributed by atoms with Gasteiger partial charge >= 0.3 is 5.97 Å². The molecule has 2 aliphatic rings. The van der Waals surface area contributed by atoms with Crippen molar-refractivity contribution in [3.63, 3.8) is 0 Å². The lowest BCUT2D eigenvalue weighted by atomic mass is 9.85. The van der Waals surface area contributed by atoms with Crippen molar-refractivity contribution in [2.45, 2.75) is 26.4 Å². The highest BCUT2D eigenvalue weighted by atomic mass is 16.5. The molecule has 1 heterocycles. The molecule has 0 radical (unpaired) electrons. The number of ether oxygens (including phenoxy) is 1. The number of hydrogen-bond donors (Lipinski definition) is 0. The third-order valence-corrected chi connectivity index (χ3v) is 4.41. The SMILES string of the molecule is Cc1ccc(COC(=O)CN2C(=O)[C@H]3CC=CC[C@@H]3C2=O)cc1. The van der Waals surface area contributed by atoms with Crippen molar-refractivity contribution in [2.24, 2.45) is 11.8 Å². The molecule has 1 aliphatic carbocycles. The Bertz CT molecular complexity index is 636. The summed E-state index contributed by atoms with van der Waals surface area (Å²) >= 11 is 0. The van der Waals surface area contributed by atoms with Crippen LogP contribution in [-0.2, 0) is 25.7 Å². The van der Waals surface area contributed by atoms with E-state index in [1.54, 1.807) is 0 Å². The normalized spacial score (nSPS) is 23.1. The molecular formula is C18H19NO4. The van der Waals surface area contributed by atoms with Gasteiger partial charge in [-0.05, 0) is 25.3 Å². The zero-order valence-electron chi connectivity index (χ0n) is 13.0. The van der Waals surface area contributed by atoms with Crippen LogP contribution in [0.1, 0.15) is 24.0 Å². The van der Waals surface area contributed by atoms with Gasteiger partial charge in [-0.1, -0.05) is 42.0 Å². The highest BCUT2D eigenvalue weighted by molar-refractivity contribution is 6.07. The van der Waals surface area contributed by atoms with Crippen LogP contribution in [0, 0.1) is 18.8 Å². The molecule has 0 bridgehead atoms. The summed E-state index contributed by atoms with van der Waals surface area (Å²) in [6.07, 6.45) is 4.99. The van der Waals surface area contributed by atoms with Crippen LogP contribution in [0.15, 0.2) is 36.4 Å². The number of carbonyl (C=O) groups is 3. The fourth-order valence-corrected chi connectivity index (χ4v) is 3.05. The van der Waals surface area contributed by atoms with Gasteiger partial charge in [0.25, 0.3) is 0 Å². The molecule has 1 aromatic carbocycles. The third kappa shape index (κ3) is 3.18. The first-order valence-corrected chi connectivity index (χ1v) is 7.77. The molecule has 5 heteroatoms. The van der Waals surface area contributed by atoms with Crippen molar-refractivity contribution < 1.29 is 19.1 Å². The van der Waals surface area contributed by atoms with E-state index in [4.69, 9.17) is 4.74 Å². The number of esters is 1. The number of benzene rings is 1. The zero-order valence-corrected chi connectivity index (χ0v) is 13.0. The van der Waals surface area contributed by atoms with Crippen LogP contribution in [0.4, 0.5) is 0 Å². The Hall–Kier alpha value is -2.43. The summed E-state index contributed by atoms with van der Waals surface area (Å²) in [7, 11) is 0. The van der Waals surface area contributed by atoms with Crippen LogP contribution in [0.25, 0.3) is 0 Å². The Balaban J connectivity index is 1.56. The molecule has 0 spiro atoms. The van der Waals surface area contributed by atoms with Gasteiger partial charge in [0.2, 0.25) is 11.8 Å². The van der Waals surface area contributed by atoms with Crippen molar-refractivity contribution in [3.8, 4) is 0 Å². The highest BCUT2D eigenvalue weighted by Crippen LogP contribution is 2.34. The lowest BCUT2D eigenvalue weighted by molar-refractivity contribution is -0.153. The second-order valence-electron chi connectivity index (χ2n) is 6.06. The second kappa shape index (κ2) is 6.36. The molecule has 2 atom stereocenters. The van der Waals surface area contributed by atoms with Gasteiger partial charge in [0.05, 0.1) is 11.8 Å². The van der Waals surface area contributed by atoms with E-state index in [1.807, 2.05) is 43.3 Å². The Morgan fingerprint density at radius 3 is 2.22 bits per heavy atom. The van der Waals surface area contributed by atoms with Gasteiger partial charge < -0.3 is 4.74 Å². The summed E-state index contributed by atoms with van der Waals surface area (Å²) in [5, 5.41) is 0. The Labute approximate surface area is 134 Å². The number of hydrogen-bond acceptors (Lipinski definition) is 4. The predicted molar refractivity (Wildman–Crippen MR) is 83.0 cm³/mol. The number of fused-ring (bicyclic) bond motifs is 1. The number of aryl methyl sites for hydroxylation is 1. The summed E-state index contributed by atoms with van der Waals surface area (Å²) in [5.41, 5.74) is 2.01. The second-order valence-corrected chi connectivity index (χ2v) is 6.06. The molecule has 0 saturated carbocycles. The van der Waals surface area contributed by atoms with Gasteiger partial charge in [-0.2, -0.15) is 0 Å². The fourth-order valence-electron chi connectivity index (χ4n) is 3.05. The quantitative estimate of drug-likeness (QED) is 0.484. The number of allylic oxidation sites excluding steroid dienone is 2. The number of amides is 2. The Morgan fingerprint density at radius 1 is 1.09 bits per heavy atom. The van der Waals surface area contributed by atoms with Crippen molar-refractivity contribution in [2.75, 3.05) is 6.54 Å². The molecule has 5 nitrogen and oxygen atoms in total. The van der Waals surface area contributed by atoms with Crippen LogP contribution in [0.5, 0.6) is 0 Å². The van der Waals surface area contributed by atoms with E-state index in [0.29, 0.717) is 12.8 Å². The Morgan fingerprint density at radius 2 is 1.65 bits per heavy atom. The molecule has 0 N–H and O–H groups in total. The summed E-state index contributed by atoms with van der Waals surface area (Å²) < 4.78 is 5.18. The molecule has 120 valence electrons. The molecule has 1 aromatic rings. The minimum atomic E-state index is -0.557. The predicted octanol–water partition coefficient (Wildman–Crippen LogP) is 1.99. The highest BCUT2D eigenvalue weighted by Gasteiger charge is 2.47. The van der Waals surface area contributed by atoms with Crippen molar-refractivity contribution >= 4 is 17.8 Å². The molecule has 0 unspecified atom stereocenters. The maximum absolute atomic E-state index is 12.3.